The molecular weight excluding hydrogens is 331 g/mol. The van der Waals surface area contributed by atoms with Crippen molar-refractivity contribution in [3.05, 3.63) is 63.4 Å². The molecule has 0 N–H and O–H groups in total. The second-order valence-corrected chi connectivity index (χ2v) is 5.96. The van der Waals surface area contributed by atoms with E-state index in [1.54, 1.807) is 31.2 Å². The summed E-state index contributed by atoms with van der Waals surface area (Å²) in [6, 6.07) is 8.07. The fraction of sp³-hybridized carbons (Fsp3) is 0.316. The minimum Gasteiger partial charge on any atom is -0.488 e. The third-order valence-electron chi connectivity index (χ3n) is 3.60. The molecule has 128 valence electrons. The Morgan fingerprint density at radius 3 is 2.67 bits per heavy atom. The van der Waals surface area contributed by atoms with Crippen molar-refractivity contribution in [2.75, 3.05) is 6.61 Å². The number of carbonyl (C=O) groups excluding carboxylic acids is 1. The summed E-state index contributed by atoms with van der Waals surface area (Å²) in [6.45, 7) is 5.85. The molecule has 0 amide bonds. The Morgan fingerprint density at radius 2 is 1.96 bits per heavy atom. The lowest BCUT2D eigenvalue weighted by molar-refractivity contribution is 0.0502. The normalized spacial score (nSPS) is 10.5. The van der Waals surface area contributed by atoms with Crippen molar-refractivity contribution in [3.8, 4) is 5.75 Å². The number of aryl methyl sites for hydroxylation is 2. The lowest BCUT2D eigenvalue weighted by Gasteiger charge is -2.14. The SMILES string of the molecule is CCCOC(=O)c1cccc(Cl)c1COc1cc(F)c(C)cc1C. The van der Waals surface area contributed by atoms with Crippen LogP contribution in [0, 0.1) is 19.7 Å². The second-order valence-electron chi connectivity index (χ2n) is 5.56. The van der Waals surface area contributed by atoms with Crippen LogP contribution in [0.25, 0.3) is 0 Å². The van der Waals surface area contributed by atoms with E-state index in [1.165, 1.54) is 6.07 Å². The predicted octanol–water partition coefficient (Wildman–Crippen LogP) is 5.24. The molecule has 0 aromatic heterocycles. The quantitative estimate of drug-likeness (QED) is 0.668. The summed E-state index contributed by atoms with van der Waals surface area (Å²) in [5, 5.41) is 0.409. The molecule has 0 fully saturated rings. The number of esters is 1. The van der Waals surface area contributed by atoms with Crippen LogP contribution in [-0.4, -0.2) is 12.6 Å². The number of rotatable bonds is 6. The Morgan fingerprint density at radius 1 is 1.21 bits per heavy atom. The second kappa shape index (κ2) is 8.15. The first-order valence-corrected chi connectivity index (χ1v) is 8.16. The van der Waals surface area contributed by atoms with Crippen LogP contribution in [0.3, 0.4) is 0 Å². The van der Waals surface area contributed by atoms with E-state index in [0.29, 0.717) is 34.1 Å². The van der Waals surface area contributed by atoms with Gasteiger partial charge in [0.1, 0.15) is 18.2 Å². The summed E-state index contributed by atoms with van der Waals surface area (Å²) in [7, 11) is 0. The Hall–Kier alpha value is -2.07. The zero-order chi connectivity index (χ0) is 17.7. The molecule has 0 spiro atoms. The van der Waals surface area contributed by atoms with Crippen LogP contribution in [0.4, 0.5) is 4.39 Å². The number of benzene rings is 2. The Labute approximate surface area is 146 Å². The van der Waals surface area contributed by atoms with E-state index in [4.69, 9.17) is 21.1 Å². The largest absolute Gasteiger partial charge is 0.488 e. The van der Waals surface area contributed by atoms with Crippen LogP contribution in [-0.2, 0) is 11.3 Å². The van der Waals surface area contributed by atoms with E-state index < -0.39 is 5.97 Å². The van der Waals surface area contributed by atoms with E-state index in [9.17, 15) is 9.18 Å². The standard InChI is InChI=1S/C19H20ClFO3/c1-4-8-23-19(22)14-6-5-7-16(20)15(14)11-24-18-10-17(21)12(2)9-13(18)3/h5-7,9-10H,4,8,11H2,1-3H3. The molecule has 0 unspecified atom stereocenters. The van der Waals surface area contributed by atoms with Gasteiger partial charge in [-0.2, -0.15) is 0 Å². The lowest BCUT2D eigenvalue weighted by Crippen LogP contribution is -2.11. The molecule has 0 saturated carbocycles. The van der Waals surface area contributed by atoms with Crippen molar-refractivity contribution in [2.24, 2.45) is 0 Å². The highest BCUT2D eigenvalue weighted by Gasteiger charge is 2.16. The highest BCUT2D eigenvalue weighted by molar-refractivity contribution is 6.31. The number of hydrogen-bond donors (Lipinski definition) is 0. The highest BCUT2D eigenvalue weighted by atomic mass is 35.5. The average Bonchev–Trinajstić information content (AvgIpc) is 2.55. The van der Waals surface area contributed by atoms with Crippen molar-refractivity contribution < 1.29 is 18.7 Å². The minimum atomic E-state index is -0.440. The molecule has 2 aromatic rings. The molecule has 2 rings (SSSR count). The van der Waals surface area contributed by atoms with Gasteiger partial charge in [0.15, 0.2) is 0 Å². The van der Waals surface area contributed by atoms with E-state index in [-0.39, 0.29) is 12.4 Å². The molecule has 0 heterocycles. The summed E-state index contributed by atoms with van der Waals surface area (Å²) in [5.41, 5.74) is 2.26. The van der Waals surface area contributed by atoms with Crippen LogP contribution >= 0.6 is 11.6 Å². The van der Waals surface area contributed by atoms with E-state index in [0.717, 1.165) is 12.0 Å². The first kappa shape index (κ1) is 18.3. The fourth-order valence-electron chi connectivity index (χ4n) is 2.28. The maximum atomic E-state index is 13.7. The summed E-state index contributed by atoms with van der Waals surface area (Å²) in [6.07, 6.45) is 0.736. The van der Waals surface area contributed by atoms with Gasteiger partial charge in [-0.05, 0) is 49.6 Å². The van der Waals surface area contributed by atoms with Gasteiger partial charge in [0.05, 0.1) is 12.2 Å². The number of halogens is 2. The van der Waals surface area contributed by atoms with Gasteiger partial charge >= 0.3 is 5.97 Å². The Kier molecular flexibility index (Phi) is 6.21. The number of hydrogen-bond acceptors (Lipinski definition) is 3. The zero-order valence-corrected chi connectivity index (χ0v) is 14.7. The van der Waals surface area contributed by atoms with E-state index in [1.807, 2.05) is 13.8 Å². The molecule has 0 bridgehead atoms. The van der Waals surface area contributed by atoms with Crippen LogP contribution in [0.2, 0.25) is 5.02 Å². The molecule has 0 atom stereocenters. The first-order chi connectivity index (χ1) is 11.4. The molecule has 5 heteroatoms. The molecule has 0 aliphatic rings. The average molecular weight is 351 g/mol. The van der Waals surface area contributed by atoms with Crippen molar-refractivity contribution >= 4 is 17.6 Å². The van der Waals surface area contributed by atoms with Gasteiger partial charge in [0, 0.05) is 16.7 Å². The Bertz CT molecular complexity index is 744. The fourth-order valence-corrected chi connectivity index (χ4v) is 2.51. The zero-order valence-electron chi connectivity index (χ0n) is 14.0. The molecule has 3 nitrogen and oxygen atoms in total. The number of carbonyl (C=O) groups is 1. The third kappa shape index (κ3) is 4.26. The van der Waals surface area contributed by atoms with Crippen LogP contribution in [0.5, 0.6) is 5.75 Å². The summed E-state index contributed by atoms with van der Waals surface area (Å²) in [5.74, 6) is -0.354. The van der Waals surface area contributed by atoms with E-state index >= 15 is 0 Å². The maximum Gasteiger partial charge on any atom is 0.338 e. The van der Waals surface area contributed by atoms with Gasteiger partial charge < -0.3 is 9.47 Å². The maximum absolute atomic E-state index is 13.7. The monoisotopic (exact) mass is 350 g/mol. The predicted molar refractivity (Wildman–Crippen MR) is 92.2 cm³/mol. The lowest BCUT2D eigenvalue weighted by atomic mass is 10.1. The number of ether oxygens (including phenoxy) is 2. The van der Waals surface area contributed by atoms with Gasteiger partial charge in [-0.15, -0.1) is 0 Å². The van der Waals surface area contributed by atoms with Gasteiger partial charge in [-0.1, -0.05) is 24.6 Å². The molecule has 0 saturated heterocycles. The molecule has 0 aliphatic heterocycles. The van der Waals surface area contributed by atoms with Crippen LogP contribution < -0.4 is 4.74 Å². The van der Waals surface area contributed by atoms with Crippen molar-refractivity contribution in [3.63, 3.8) is 0 Å². The third-order valence-corrected chi connectivity index (χ3v) is 3.96. The molecular formula is C19H20ClFO3. The summed E-state index contributed by atoms with van der Waals surface area (Å²) in [4.78, 5) is 12.2. The van der Waals surface area contributed by atoms with Crippen molar-refractivity contribution in [1.82, 2.24) is 0 Å². The molecule has 0 radical (unpaired) electrons. The topological polar surface area (TPSA) is 35.5 Å². The summed E-state index contributed by atoms with van der Waals surface area (Å²) >= 11 is 6.21. The van der Waals surface area contributed by atoms with Crippen LogP contribution in [0.1, 0.15) is 40.4 Å². The van der Waals surface area contributed by atoms with Gasteiger partial charge in [-0.3, -0.25) is 0 Å². The minimum absolute atomic E-state index is 0.0551. The van der Waals surface area contributed by atoms with Gasteiger partial charge in [0.25, 0.3) is 0 Å². The van der Waals surface area contributed by atoms with Gasteiger partial charge in [0.2, 0.25) is 0 Å². The molecule has 24 heavy (non-hydrogen) atoms. The summed E-state index contributed by atoms with van der Waals surface area (Å²) < 4.78 is 24.6. The highest BCUT2D eigenvalue weighted by Crippen LogP contribution is 2.26. The Balaban J connectivity index is 2.24. The van der Waals surface area contributed by atoms with Crippen molar-refractivity contribution in [1.29, 1.82) is 0 Å². The molecule has 2 aromatic carbocycles. The van der Waals surface area contributed by atoms with Crippen molar-refractivity contribution in [2.45, 2.75) is 33.8 Å². The first-order valence-electron chi connectivity index (χ1n) is 7.78. The van der Waals surface area contributed by atoms with E-state index in [2.05, 4.69) is 0 Å². The molecule has 0 aliphatic carbocycles. The smallest absolute Gasteiger partial charge is 0.338 e. The van der Waals surface area contributed by atoms with Crippen LogP contribution in [0.15, 0.2) is 30.3 Å². The van der Waals surface area contributed by atoms with Gasteiger partial charge in [-0.25, -0.2) is 9.18 Å².